The van der Waals surface area contributed by atoms with E-state index < -0.39 is 5.60 Å². The van der Waals surface area contributed by atoms with E-state index in [2.05, 4.69) is 23.2 Å². The third kappa shape index (κ3) is 2.32. The van der Waals surface area contributed by atoms with Crippen LogP contribution in [0.2, 0.25) is 0 Å². The third-order valence-corrected chi connectivity index (χ3v) is 4.09. The van der Waals surface area contributed by atoms with Crippen LogP contribution in [0.25, 0.3) is 10.9 Å². The van der Waals surface area contributed by atoms with Gasteiger partial charge in [-0.2, -0.15) is 0 Å². The molecule has 0 bridgehead atoms. The number of hydrogen-bond acceptors (Lipinski definition) is 2. The Morgan fingerprint density at radius 2 is 1.76 bits per heavy atom. The van der Waals surface area contributed by atoms with E-state index in [4.69, 9.17) is 0 Å². The highest BCUT2D eigenvalue weighted by Gasteiger charge is 2.29. The zero-order chi connectivity index (χ0) is 15.0. The van der Waals surface area contributed by atoms with E-state index in [1.165, 1.54) is 0 Å². The van der Waals surface area contributed by atoms with Crippen molar-refractivity contribution in [2.75, 3.05) is 0 Å². The fourth-order valence-corrected chi connectivity index (χ4v) is 2.93. The van der Waals surface area contributed by atoms with Crippen molar-refractivity contribution in [2.45, 2.75) is 26.4 Å². The Balaban J connectivity index is 2.27. The zero-order valence-corrected chi connectivity index (χ0v) is 12.6. The van der Waals surface area contributed by atoms with E-state index in [1.54, 1.807) is 6.20 Å². The topological polar surface area (TPSA) is 33.1 Å². The molecule has 3 aromatic rings. The number of pyridine rings is 1. The second kappa shape index (κ2) is 4.97. The van der Waals surface area contributed by atoms with Gasteiger partial charge in [-0.25, -0.2) is 0 Å². The molecule has 106 valence electrons. The number of nitrogens with zero attached hydrogens (tertiary/aromatic N) is 1. The summed E-state index contributed by atoms with van der Waals surface area (Å²) in [5.41, 5.74) is 3.93. The molecule has 0 aliphatic rings. The maximum absolute atomic E-state index is 11.2. The smallest absolute Gasteiger partial charge is 0.113 e. The Hall–Kier alpha value is -2.19. The Morgan fingerprint density at radius 1 is 0.952 bits per heavy atom. The second-order valence-corrected chi connectivity index (χ2v) is 5.77. The molecule has 0 fully saturated rings. The molecule has 1 aromatic heterocycles. The standard InChI is InChI=1S/C19H19NO/c1-13-9-10-14(2)17(12-13)19(3,21)16-7-4-8-18-15(16)6-5-11-20-18/h4-12,21H,1-3H3. The summed E-state index contributed by atoms with van der Waals surface area (Å²) in [5.74, 6) is 0. The molecule has 0 spiro atoms. The van der Waals surface area contributed by atoms with Gasteiger partial charge in [0.1, 0.15) is 5.60 Å². The van der Waals surface area contributed by atoms with Crippen molar-refractivity contribution in [2.24, 2.45) is 0 Å². The summed E-state index contributed by atoms with van der Waals surface area (Å²) in [7, 11) is 0. The fraction of sp³-hybridized carbons (Fsp3) is 0.211. The van der Waals surface area contributed by atoms with Gasteiger partial charge < -0.3 is 5.11 Å². The molecule has 0 saturated heterocycles. The Kier molecular flexibility index (Phi) is 3.26. The van der Waals surface area contributed by atoms with Gasteiger partial charge in [-0.3, -0.25) is 4.98 Å². The van der Waals surface area contributed by atoms with Crippen LogP contribution in [-0.4, -0.2) is 10.1 Å². The molecule has 0 saturated carbocycles. The summed E-state index contributed by atoms with van der Waals surface area (Å²) < 4.78 is 0. The van der Waals surface area contributed by atoms with Crippen molar-refractivity contribution < 1.29 is 5.11 Å². The number of fused-ring (bicyclic) bond motifs is 1. The van der Waals surface area contributed by atoms with Crippen LogP contribution >= 0.6 is 0 Å². The monoisotopic (exact) mass is 277 g/mol. The van der Waals surface area contributed by atoms with Gasteiger partial charge in [0.2, 0.25) is 0 Å². The summed E-state index contributed by atoms with van der Waals surface area (Å²) in [6.07, 6.45) is 1.78. The van der Waals surface area contributed by atoms with Crippen LogP contribution in [0.15, 0.2) is 54.7 Å². The van der Waals surface area contributed by atoms with Crippen LogP contribution in [0, 0.1) is 13.8 Å². The Bertz CT molecular complexity index is 800. The van der Waals surface area contributed by atoms with Gasteiger partial charge in [-0.05, 0) is 49.6 Å². The first-order valence-corrected chi connectivity index (χ1v) is 7.14. The van der Waals surface area contributed by atoms with E-state index in [1.807, 2.05) is 51.1 Å². The number of aromatic nitrogens is 1. The highest BCUT2D eigenvalue weighted by atomic mass is 16.3. The molecule has 1 N–H and O–H groups in total. The normalized spacial score (nSPS) is 14.1. The van der Waals surface area contributed by atoms with Gasteiger partial charge in [-0.1, -0.05) is 42.0 Å². The number of rotatable bonds is 2. The molecule has 0 radical (unpaired) electrons. The number of hydrogen-bond donors (Lipinski definition) is 1. The second-order valence-electron chi connectivity index (χ2n) is 5.77. The molecular weight excluding hydrogens is 258 g/mol. The molecule has 1 unspecified atom stereocenters. The Morgan fingerprint density at radius 3 is 2.57 bits per heavy atom. The lowest BCUT2D eigenvalue weighted by Gasteiger charge is -2.28. The average Bonchev–Trinajstić information content (AvgIpc) is 2.49. The third-order valence-electron chi connectivity index (χ3n) is 4.09. The van der Waals surface area contributed by atoms with Gasteiger partial charge in [0, 0.05) is 11.6 Å². The summed E-state index contributed by atoms with van der Waals surface area (Å²) in [6.45, 7) is 5.94. The maximum Gasteiger partial charge on any atom is 0.113 e. The minimum absolute atomic E-state index is 0.891. The van der Waals surface area contributed by atoms with Crippen molar-refractivity contribution in [1.29, 1.82) is 0 Å². The van der Waals surface area contributed by atoms with Gasteiger partial charge in [0.15, 0.2) is 0 Å². The number of aryl methyl sites for hydroxylation is 2. The van der Waals surface area contributed by atoms with E-state index in [0.29, 0.717) is 0 Å². The zero-order valence-electron chi connectivity index (χ0n) is 12.6. The van der Waals surface area contributed by atoms with Crippen LogP contribution in [0.5, 0.6) is 0 Å². The van der Waals surface area contributed by atoms with E-state index >= 15 is 0 Å². The van der Waals surface area contributed by atoms with Gasteiger partial charge in [-0.15, -0.1) is 0 Å². The van der Waals surface area contributed by atoms with E-state index in [0.717, 1.165) is 33.2 Å². The molecule has 21 heavy (non-hydrogen) atoms. The van der Waals surface area contributed by atoms with Crippen LogP contribution in [0.1, 0.15) is 29.2 Å². The molecule has 2 nitrogen and oxygen atoms in total. The first-order valence-electron chi connectivity index (χ1n) is 7.14. The van der Waals surface area contributed by atoms with Gasteiger partial charge in [0.05, 0.1) is 5.52 Å². The van der Waals surface area contributed by atoms with Gasteiger partial charge in [0.25, 0.3) is 0 Å². The first-order chi connectivity index (χ1) is 10.00. The molecule has 2 aromatic carbocycles. The lowest BCUT2D eigenvalue weighted by atomic mass is 9.83. The molecule has 0 aliphatic heterocycles. The Labute approximate surface area is 125 Å². The summed E-state index contributed by atoms with van der Waals surface area (Å²) in [4.78, 5) is 4.38. The van der Waals surface area contributed by atoms with Crippen LogP contribution in [0.3, 0.4) is 0 Å². The summed E-state index contributed by atoms with van der Waals surface area (Å²) in [6, 6.07) is 16.0. The first kappa shape index (κ1) is 13.8. The molecule has 3 rings (SSSR count). The van der Waals surface area contributed by atoms with Gasteiger partial charge >= 0.3 is 0 Å². The number of aliphatic hydroxyl groups is 1. The summed E-state index contributed by atoms with van der Waals surface area (Å²) in [5, 5.41) is 12.2. The van der Waals surface area contributed by atoms with Crippen molar-refractivity contribution in [1.82, 2.24) is 4.98 Å². The van der Waals surface area contributed by atoms with E-state index in [9.17, 15) is 5.11 Å². The SMILES string of the molecule is Cc1ccc(C)c(C(C)(O)c2cccc3ncccc23)c1. The molecule has 1 atom stereocenters. The predicted octanol–water partition coefficient (Wildman–Crippen LogP) is 4.11. The van der Waals surface area contributed by atoms with Crippen molar-refractivity contribution in [3.05, 3.63) is 77.0 Å². The van der Waals surface area contributed by atoms with Crippen LogP contribution in [0.4, 0.5) is 0 Å². The highest BCUT2D eigenvalue weighted by molar-refractivity contribution is 5.83. The van der Waals surface area contributed by atoms with Crippen molar-refractivity contribution >= 4 is 10.9 Å². The minimum atomic E-state index is -1.04. The van der Waals surface area contributed by atoms with Crippen LogP contribution in [-0.2, 0) is 5.60 Å². The molecule has 0 amide bonds. The summed E-state index contributed by atoms with van der Waals surface area (Å²) >= 11 is 0. The molecule has 2 heteroatoms. The maximum atomic E-state index is 11.2. The molecule has 1 heterocycles. The number of benzene rings is 2. The largest absolute Gasteiger partial charge is 0.381 e. The lowest BCUT2D eigenvalue weighted by Crippen LogP contribution is -2.24. The highest BCUT2D eigenvalue weighted by Crippen LogP contribution is 2.35. The molecular formula is C19H19NO. The fourth-order valence-electron chi connectivity index (χ4n) is 2.93. The minimum Gasteiger partial charge on any atom is -0.381 e. The quantitative estimate of drug-likeness (QED) is 0.764. The van der Waals surface area contributed by atoms with Crippen molar-refractivity contribution in [3.8, 4) is 0 Å². The lowest BCUT2D eigenvalue weighted by molar-refractivity contribution is 0.103. The van der Waals surface area contributed by atoms with Crippen molar-refractivity contribution in [3.63, 3.8) is 0 Å². The average molecular weight is 277 g/mol. The van der Waals surface area contributed by atoms with Crippen LogP contribution < -0.4 is 0 Å². The molecule has 0 aliphatic carbocycles. The predicted molar refractivity (Wildman–Crippen MR) is 86.3 cm³/mol. The van der Waals surface area contributed by atoms with E-state index in [-0.39, 0.29) is 0 Å².